The van der Waals surface area contributed by atoms with Gasteiger partial charge < -0.3 is 9.84 Å². The summed E-state index contributed by atoms with van der Waals surface area (Å²) >= 11 is 5.86. The van der Waals surface area contributed by atoms with Crippen molar-refractivity contribution in [2.75, 3.05) is 0 Å². The molecule has 1 N–H and O–H groups in total. The van der Waals surface area contributed by atoms with Gasteiger partial charge in [0.05, 0.1) is 0 Å². The fourth-order valence-electron chi connectivity index (χ4n) is 1.76. The van der Waals surface area contributed by atoms with Crippen LogP contribution in [0.15, 0.2) is 42.5 Å². The van der Waals surface area contributed by atoms with Gasteiger partial charge in [0.1, 0.15) is 17.9 Å². The molecule has 0 heterocycles. The van der Waals surface area contributed by atoms with Crippen LogP contribution in [0.1, 0.15) is 21.5 Å². The highest BCUT2D eigenvalue weighted by molar-refractivity contribution is 6.30. The Morgan fingerprint density at radius 1 is 1.26 bits per heavy atom. The molecule has 2 aromatic rings. The van der Waals surface area contributed by atoms with Crippen molar-refractivity contribution in [3.8, 4) is 5.75 Å². The van der Waals surface area contributed by atoms with Crippen molar-refractivity contribution in [2.45, 2.75) is 13.5 Å². The lowest BCUT2D eigenvalue weighted by Gasteiger charge is -2.10. The molecule has 0 spiro atoms. The number of aromatic carboxylic acids is 1. The topological polar surface area (TPSA) is 46.5 Å². The SMILES string of the molecule is Cc1cccc(COc2cc(Cl)ccc2C(=O)O)c1. The summed E-state index contributed by atoms with van der Waals surface area (Å²) in [5.41, 5.74) is 2.22. The Morgan fingerprint density at radius 3 is 2.74 bits per heavy atom. The molecular formula is C15H13ClO3. The molecule has 0 saturated heterocycles. The zero-order chi connectivity index (χ0) is 13.8. The number of carboxylic acids is 1. The number of carbonyl (C=O) groups is 1. The third-order valence-corrected chi connectivity index (χ3v) is 2.89. The maximum absolute atomic E-state index is 11.1. The predicted molar refractivity (Wildman–Crippen MR) is 73.9 cm³/mol. The second-order valence-electron chi connectivity index (χ2n) is 4.22. The fourth-order valence-corrected chi connectivity index (χ4v) is 1.92. The molecule has 0 aliphatic heterocycles. The van der Waals surface area contributed by atoms with E-state index in [1.54, 1.807) is 0 Å². The highest BCUT2D eigenvalue weighted by atomic mass is 35.5. The maximum Gasteiger partial charge on any atom is 0.339 e. The van der Waals surface area contributed by atoms with Crippen molar-refractivity contribution >= 4 is 17.6 Å². The van der Waals surface area contributed by atoms with Crippen molar-refractivity contribution in [2.24, 2.45) is 0 Å². The molecule has 0 unspecified atom stereocenters. The molecule has 0 aliphatic rings. The van der Waals surface area contributed by atoms with Gasteiger partial charge in [-0.2, -0.15) is 0 Å². The van der Waals surface area contributed by atoms with Crippen molar-refractivity contribution < 1.29 is 14.6 Å². The van der Waals surface area contributed by atoms with Gasteiger partial charge in [-0.3, -0.25) is 0 Å². The summed E-state index contributed by atoms with van der Waals surface area (Å²) in [5.74, 6) is -0.752. The van der Waals surface area contributed by atoms with Crippen LogP contribution in [0.25, 0.3) is 0 Å². The van der Waals surface area contributed by atoms with Crippen LogP contribution in [0.2, 0.25) is 5.02 Å². The number of carboxylic acid groups (broad SMARTS) is 1. The number of benzene rings is 2. The van der Waals surface area contributed by atoms with E-state index >= 15 is 0 Å². The van der Waals surface area contributed by atoms with Crippen LogP contribution >= 0.6 is 11.6 Å². The van der Waals surface area contributed by atoms with Gasteiger partial charge in [0, 0.05) is 5.02 Å². The number of hydrogen-bond donors (Lipinski definition) is 1. The normalized spacial score (nSPS) is 10.2. The molecule has 19 heavy (non-hydrogen) atoms. The lowest BCUT2D eigenvalue weighted by atomic mass is 10.1. The quantitative estimate of drug-likeness (QED) is 0.920. The second-order valence-corrected chi connectivity index (χ2v) is 4.66. The average molecular weight is 277 g/mol. The van der Waals surface area contributed by atoms with E-state index in [0.29, 0.717) is 11.6 Å². The van der Waals surface area contributed by atoms with E-state index in [-0.39, 0.29) is 11.3 Å². The highest BCUT2D eigenvalue weighted by Crippen LogP contribution is 2.24. The van der Waals surface area contributed by atoms with Crippen LogP contribution in [0.5, 0.6) is 5.75 Å². The molecule has 0 atom stereocenters. The van der Waals surface area contributed by atoms with Crippen LogP contribution < -0.4 is 4.74 Å². The molecule has 3 nitrogen and oxygen atoms in total. The second kappa shape index (κ2) is 5.76. The van der Waals surface area contributed by atoms with E-state index < -0.39 is 5.97 Å². The molecule has 2 aromatic carbocycles. The van der Waals surface area contributed by atoms with Crippen molar-refractivity contribution in [3.05, 3.63) is 64.2 Å². The van der Waals surface area contributed by atoms with Crippen molar-refractivity contribution in [1.29, 1.82) is 0 Å². The van der Waals surface area contributed by atoms with Gasteiger partial charge >= 0.3 is 5.97 Å². The first kappa shape index (κ1) is 13.4. The molecule has 0 fully saturated rings. The number of aryl methyl sites for hydroxylation is 1. The van der Waals surface area contributed by atoms with Crippen LogP contribution in [0.4, 0.5) is 0 Å². The standard InChI is InChI=1S/C15H13ClO3/c1-10-3-2-4-11(7-10)9-19-14-8-12(16)5-6-13(14)15(17)18/h2-8H,9H2,1H3,(H,17,18). The molecule has 0 aliphatic carbocycles. The molecule has 0 aromatic heterocycles. The Labute approximate surface area is 116 Å². The van der Waals surface area contributed by atoms with Gasteiger partial charge in [-0.25, -0.2) is 4.79 Å². The lowest BCUT2D eigenvalue weighted by molar-refractivity contribution is 0.0692. The highest BCUT2D eigenvalue weighted by Gasteiger charge is 2.11. The maximum atomic E-state index is 11.1. The van der Waals surface area contributed by atoms with Crippen molar-refractivity contribution in [3.63, 3.8) is 0 Å². The van der Waals surface area contributed by atoms with Crippen LogP contribution in [-0.4, -0.2) is 11.1 Å². The van der Waals surface area contributed by atoms with Gasteiger partial charge in [0.2, 0.25) is 0 Å². The van der Waals surface area contributed by atoms with E-state index in [9.17, 15) is 4.79 Å². The zero-order valence-electron chi connectivity index (χ0n) is 10.4. The predicted octanol–water partition coefficient (Wildman–Crippen LogP) is 3.93. The van der Waals surface area contributed by atoms with E-state index in [2.05, 4.69) is 0 Å². The van der Waals surface area contributed by atoms with Crippen molar-refractivity contribution in [1.82, 2.24) is 0 Å². The number of halogens is 1. The first-order valence-corrected chi connectivity index (χ1v) is 6.15. The van der Waals surface area contributed by atoms with E-state index in [4.69, 9.17) is 21.4 Å². The zero-order valence-corrected chi connectivity index (χ0v) is 11.1. The summed E-state index contributed by atoms with van der Waals surface area (Å²) in [6.45, 7) is 2.30. The Kier molecular flexibility index (Phi) is 4.07. The molecule has 2 rings (SSSR count). The number of ether oxygens (including phenoxy) is 1. The smallest absolute Gasteiger partial charge is 0.339 e. The molecule has 0 radical (unpaired) electrons. The number of rotatable bonds is 4. The van der Waals surface area contributed by atoms with Gasteiger partial charge in [0.15, 0.2) is 0 Å². The Bertz CT molecular complexity index is 608. The molecule has 0 saturated carbocycles. The summed E-state index contributed by atoms with van der Waals surface area (Å²) in [5, 5.41) is 9.52. The van der Waals surface area contributed by atoms with Crippen LogP contribution in [0, 0.1) is 6.92 Å². The lowest BCUT2D eigenvalue weighted by Crippen LogP contribution is -2.03. The van der Waals surface area contributed by atoms with Gasteiger partial charge in [-0.1, -0.05) is 41.4 Å². The molecular weight excluding hydrogens is 264 g/mol. The molecule has 98 valence electrons. The first-order valence-electron chi connectivity index (χ1n) is 5.77. The number of hydrogen-bond acceptors (Lipinski definition) is 2. The minimum absolute atomic E-state index is 0.108. The summed E-state index contributed by atoms with van der Waals surface area (Å²) in [7, 11) is 0. The molecule has 0 bridgehead atoms. The third-order valence-electron chi connectivity index (χ3n) is 2.65. The Morgan fingerprint density at radius 2 is 2.05 bits per heavy atom. The van der Waals surface area contributed by atoms with E-state index in [1.807, 2.05) is 31.2 Å². The summed E-state index contributed by atoms with van der Waals surface area (Å²) < 4.78 is 5.56. The summed E-state index contributed by atoms with van der Waals surface area (Å²) in [6.07, 6.45) is 0. The summed E-state index contributed by atoms with van der Waals surface area (Å²) in [4.78, 5) is 11.1. The van der Waals surface area contributed by atoms with E-state index in [0.717, 1.165) is 11.1 Å². The van der Waals surface area contributed by atoms with Crippen LogP contribution in [0.3, 0.4) is 0 Å². The molecule has 4 heteroatoms. The first-order chi connectivity index (χ1) is 9.06. The Balaban J connectivity index is 2.19. The Hall–Kier alpha value is -2.00. The van der Waals surface area contributed by atoms with Gasteiger partial charge in [-0.15, -0.1) is 0 Å². The third kappa shape index (κ3) is 3.48. The minimum atomic E-state index is -1.03. The minimum Gasteiger partial charge on any atom is -0.488 e. The summed E-state index contributed by atoms with van der Waals surface area (Å²) in [6, 6.07) is 12.3. The fraction of sp³-hybridized carbons (Fsp3) is 0.133. The molecule has 0 amide bonds. The average Bonchev–Trinajstić information content (AvgIpc) is 2.36. The monoisotopic (exact) mass is 276 g/mol. The van der Waals surface area contributed by atoms with Gasteiger partial charge in [0.25, 0.3) is 0 Å². The van der Waals surface area contributed by atoms with Gasteiger partial charge in [-0.05, 0) is 30.7 Å². The largest absolute Gasteiger partial charge is 0.488 e. The van der Waals surface area contributed by atoms with Crippen LogP contribution in [-0.2, 0) is 6.61 Å². The van der Waals surface area contributed by atoms with E-state index in [1.165, 1.54) is 18.2 Å².